The van der Waals surface area contributed by atoms with Gasteiger partial charge in [0.05, 0.1) is 0 Å². The molecule has 0 saturated heterocycles. The number of unbranched alkanes of at least 4 members (excludes halogenated alkanes) is 2. The number of hydrogen-bond acceptors (Lipinski definition) is 0. The molecule has 84 valence electrons. The number of aryl methyl sites for hydroxylation is 3. The first-order valence-electron chi connectivity index (χ1n) is 6.36. The summed E-state index contributed by atoms with van der Waals surface area (Å²) in [4.78, 5) is 0. The van der Waals surface area contributed by atoms with Crippen molar-refractivity contribution in [2.75, 3.05) is 0 Å². The van der Waals surface area contributed by atoms with Crippen molar-refractivity contribution in [3.63, 3.8) is 0 Å². The Balaban J connectivity index is 2.56. The normalized spacial score (nSPS) is 10.6. The molecule has 1 rings (SSSR count). The topological polar surface area (TPSA) is 0 Å². The largest absolute Gasteiger partial charge is 0.0654 e. The summed E-state index contributed by atoms with van der Waals surface area (Å²) in [5.41, 5.74) is 4.52. The number of hydrogen-bond donors (Lipinski definition) is 0. The Morgan fingerprint density at radius 2 is 1.73 bits per heavy atom. The first-order chi connectivity index (χ1) is 7.27. The van der Waals surface area contributed by atoms with Crippen molar-refractivity contribution in [3.05, 3.63) is 34.9 Å². The molecular weight excluding hydrogens is 180 g/mol. The zero-order valence-corrected chi connectivity index (χ0v) is 10.5. The van der Waals surface area contributed by atoms with E-state index in [-0.39, 0.29) is 0 Å². The number of rotatable bonds is 6. The van der Waals surface area contributed by atoms with E-state index >= 15 is 0 Å². The van der Waals surface area contributed by atoms with Gasteiger partial charge in [0.1, 0.15) is 0 Å². The van der Waals surface area contributed by atoms with Gasteiger partial charge >= 0.3 is 0 Å². The van der Waals surface area contributed by atoms with Gasteiger partial charge in [-0.25, -0.2) is 0 Å². The lowest BCUT2D eigenvalue weighted by atomic mass is 9.99. The molecule has 0 fully saturated rings. The number of benzene rings is 1. The van der Waals surface area contributed by atoms with Gasteiger partial charge in [0.15, 0.2) is 0 Å². The first-order valence-corrected chi connectivity index (χ1v) is 6.36. The van der Waals surface area contributed by atoms with Crippen LogP contribution in [0, 0.1) is 6.92 Å². The Hall–Kier alpha value is -0.780. The Morgan fingerprint density at radius 1 is 0.933 bits per heavy atom. The van der Waals surface area contributed by atoms with Gasteiger partial charge in [-0.15, -0.1) is 0 Å². The van der Waals surface area contributed by atoms with Gasteiger partial charge in [-0.1, -0.05) is 51.3 Å². The van der Waals surface area contributed by atoms with Crippen LogP contribution in [-0.4, -0.2) is 0 Å². The molecule has 0 saturated carbocycles. The van der Waals surface area contributed by atoms with Gasteiger partial charge in [0.2, 0.25) is 0 Å². The van der Waals surface area contributed by atoms with Gasteiger partial charge in [-0.3, -0.25) is 0 Å². The molecule has 1 aromatic carbocycles. The molecule has 0 nitrogen and oxygen atoms in total. The molecule has 0 heterocycles. The summed E-state index contributed by atoms with van der Waals surface area (Å²) in [5.74, 6) is 0. The van der Waals surface area contributed by atoms with E-state index in [4.69, 9.17) is 0 Å². The molecule has 0 aliphatic rings. The van der Waals surface area contributed by atoms with Crippen LogP contribution in [0.2, 0.25) is 0 Å². The van der Waals surface area contributed by atoms with E-state index in [1.165, 1.54) is 55.2 Å². The van der Waals surface area contributed by atoms with Crippen molar-refractivity contribution in [3.8, 4) is 0 Å². The summed E-state index contributed by atoms with van der Waals surface area (Å²) >= 11 is 0. The third-order valence-electron chi connectivity index (χ3n) is 3.00. The van der Waals surface area contributed by atoms with E-state index in [9.17, 15) is 0 Å². The fourth-order valence-electron chi connectivity index (χ4n) is 2.04. The average molecular weight is 204 g/mol. The fourth-order valence-corrected chi connectivity index (χ4v) is 2.04. The zero-order valence-electron chi connectivity index (χ0n) is 10.5. The highest BCUT2D eigenvalue weighted by Crippen LogP contribution is 2.15. The van der Waals surface area contributed by atoms with Crippen molar-refractivity contribution in [1.82, 2.24) is 0 Å². The third-order valence-corrected chi connectivity index (χ3v) is 3.00. The first kappa shape index (κ1) is 12.3. The zero-order chi connectivity index (χ0) is 11.1. The maximum absolute atomic E-state index is 2.38. The molecule has 0 heteroatoms. The van der Waals surface area contributed by atoms with Crippen LogP contribution in [0.4, 0.5) is 0 Å². The maximum Gasteiger partial charge on any atom is -0.0279 e. The summed E-state index contributed by atoms with van der Waals surface area (Å²) in [7, 11) is 0. The minimum absolute atomic E-state index is 1.22. The van der Waals surface area contributed by atoms with Crippen molar-refractivity contribution < 1.29 is 0 Å². The third kappa shape index (κ3) is 4.07. The lowest BCUT2D eigenvalue weighted by Gasteiger charge is -2.07. The second kappa shape index (κ2) is 6.66. The fraction of sp³-hybridized carbons (Fsp3) is 0.600. The molecule has 0 bridgehead atoms. The molecule has 0 aliphatic heterocycles. The smallest absolute Gasteiger partial charge is 0.0279 e. The van der Waals surface area contributed by atoms with E-state index < -0.39 is 0 Å². The van der Waals surface area contributed by atoms with Gasteiger partial charge in [0.25, 0.3) is 0 Å². The van der Waals surface area contributed by atoms with E-state index in [0.29, 0.717) is 0 Å². The highest BCUT2D eigenvalue weighted by Gasteiger charge is 1.99. The second-order valence-electron chi connectivity index (χ2n) is 4.47. The van der Waals surface area contributed by atoms with Crippen LogP contribution in [-0.2, 0) is 12.8 Å². The van der Waals surface area contributed by atoms with Crippen LogP contribution in [0.15, 0.2) is 18.2 Å². The lowest BCUT2D eigenvalue weighted by molar-refractivity contribution is 0.717. The molecule has 0 amide bonds. The molecule has 0 unspecified atom stereocenters. The molecule has 0 aliphatic carbocycles. The van der Waals surface area contributed by atoms with Crippen molar-refractivity contribution >= 4 is 0 Å². The van der Waals surface area contributed by atoms with Crippen LogP contribution >= 0.6 is 0 Å². The van der Waals surface area contributed by atoms with Gasteiger partial charge in [-0.05, 0) is 42.9 Å². The van der Waals surface area contributed by atoms with E-state index in [2.05, 4.69) is 39.0 Å². The van der Waals surface area contributed by atoms with E-state index in [0.717, 1.165) is 0 Å². The van der Waals surface area contributed by atoms with Gasteiger partial charge < -0.3 is 0 Å². The van der Waals surface area contributed by atoms with Crippen molar-refractivity contribution in [1.29, 1.82) is 0 Å². The van der Waals surface area contributed by atoms with E-state index in [1.807, 2.05) is 0 Å². The SMILES string of the molecule is CCCCCc1ccc(CCC)c(C)c1. The lowest BCUT2D eigenvalue weighted by Crippen LogP contribution is -1.92. The Bertz CT molecular complexity index is 286. The second-order valence-corrected chi connectivity index (χ2v) is 4.47. The quantitative estimate of drug-likeness (QED) is 0.590. The molecule has 0 N–H and O–H groups in total. The van der Waals surface area contributed by atoms with E-state index in [1.54, 1.807) is 0 Å². The van der Waals surface area contributed by atoms with Crippen LogP contribution in [0.1, 0.15) is 56.2 Å². The van der Waals surface area contributed by atoms with Crippen LogP contribution in [0.3, 0.4) is 0 Å². The van der Waals surface area contributed by atoms with Crippen molar-refractivity contribution in [2.24, 2.45) is 0 Å². The molecule has 0 atom stereocenters. The van der Waals surface area contributed by atoms with Gasteiger partial charge in [-0.2, -0.15) is 0 Å². The standard InChI is InChI=1S/C15H24/c1-4-6-7-9-14-10-11-15(8-5-2)13(3)12-14/h10-12H,4-9H2,1-3H3. The van der Waals surface area contributed by atoms with Gasteiger partial charge in [0, 0.05) is 0 Å². The Morgan fingerprint density at radius 3 is 2.33 bits per heavy atom. The molecule has 0 aromatic heterocycles. The summed E-state index contributed by atoms with van der Waals surface area (Å²) in [6.07, 6.45) is 7.73. The van der Waals surface area contributed by atoms with Crippen LogP contribution < -0.4 is 0 Å². The highest BCUT2D eigenvalue weighted by atomic mass is 14.0. The highest BCUT2D eigenvalue weighted by molar-refractivity contribution is 5.31. The molecule has 0 spiro atoms. The monoisotopic (exact) mass is 204 g/mol. The van der Waals surface area contributed by atoms with Crippen LogP contribution in [0.25, 0.3) is 0 Å². The molecule has 1 aromatic rings. The summed E-state index contributed by atoms with van der Waals surface area (Å²) < 4.78 is 0. The predicted molar refractivity (Wildman–Crippen MR) is 68.4 cm³/mol. The summed E-state index contributed by atoms with van der Waals surface area (Å²) in [6, 6.07) is 7.01. The Labute approximate surface area is 94.7 Å². The molecule has 0 radical (unpaired) electrons. The molecular formula is C15H24. The van der Waals surface area contributed by atoms with Crippen LogP contribution in [0.5, 0.6) is 0 Å². The average Bonchev–Trinajstić information content (AvgIpc) is 2.23. The predicted octanol–water partition coefficient (Wildman–Crippen LogP) is 4.68. The minimum atomic E-state index is 1.22. The summed E-state index contributed by atoms with van der Waals surface area (Å²) in [5, 5.41) is 0. The summed E-state index contributed by atoms with van der Waals surface area (Å²) in [6.45, 7) is 6.75. The van der Waals surface area contributed by atoms with Crippen molar-refractivity contribution in [2.45, 2.75) is 59.3 Å². The Kier molecular flexibility index (Phi) is 5.45. The molecule has 15 heavy (non-hydrogen) atoms. The maximum atomic E-state index is 2.38. The minimum Gasteiger partial charge on any atom is -0.0654 e.